The van der Waals surface area contributed by atoms with E-state index in [1.54, 1.807) is 0 Å². The van der Waals surface area contributed by atoms with Crippen molar-refractivity contribution in [3.8, 4) is 0 Å². The van der Waals surface area contributed by atoms with E-state index >= 15 is 0 Å². The van der Waals surface area contributed by atoms with Crippen LogP contribution in [-0.2, 0) is 12.8 Å². The Morgan fingerprint density at radius 2 is 1.60 bits per heavy atom. The Morgan fingerprint density at radius 3 is 2.20 bits per heavy atom. The van der Waals surface area contributed by atoms with Crippen molar-refractivity contribution in [2.45, 2.75) is 57.8 Å². The highest BCUT2D eigenvalue weighted by Crippen LogP contribution is 2.60. The van der Waals surface area contributed by atoms with Gasteiger partial charge in [0, 0.05) is 12.8 Å². The Morgan fingerprint density at radius 1 is 1.00 bits per heavy atom. The average molecular weight is 275 g/mol. The Labute approximate surface area is 120 Å². The lowest BCUT2D eigenvalue weighted by molar-refractivity contribution is -0.0551. The molecule has 0 unspecified atom stereocenters. The first-order valence-corrected chi connectivity index (χ1v) is 8.26. The highest BCUT2D eigenvalue weighted by molar-refractivity contribution is 5.04. The highest BCUT2D eigenvalue weighted by atomic mass is 16.4. The molecule has 0 amide bonds. The van der Waals surface area contributed by atoms with Crippen molar-refractivity contribution in [3.63, 3.8) is 0 Å². The second kappa shape index (κ2) is 4.83. The largest absolute Gasteiger partial charge is 0.425 e. The van der Waals surface area contributed by atoms with E-state index in [1.807, 2.05) is 0 Å². The number of aryl methyl sites for hydroxylation is 1. The van der Waals surface area contributed by atoms with Crippen LogP contribution < -0.4 is 5.73 Å². The fourth-order valence-corrected chi connectivity index (χ4v) is 5.54. The zero-order valence-electron chi connectivity index (χ0n) is 12.2. The molecule has 4 aliphatic rings. The molecule has 1 aromatic heterocycles. The minimum atomic E-state index is 0.492. The van der Waals surface area contributed by atoms with Crippen LogP contribution in [0.2, 0.25) is 0 Å². The van der Waals surface area contributed by atoms with E-state index in [0.29, 0.717) is 12.0 Å². The second-order valence-electron chi connectivity index (χ2n) is 7.58. The van der Waals surface area contributed by atoms with Gasteiger partial charge in [0.1, 0.15) is 0 Å². The zero-order chi connectivity index (χ0) is 13.6. The summed E-state index contributed by atoms with van der Waals surface area (Å²) in [5.41, 5.74) is 6.02. The monoisotopic (exact) mass is 275 g/mol. The smallest absolute Gasteiger partial charge is 0.217 e. The Balaban J connectivity index is 1.47. The van der Waals surface area contributed by atoms with Gasteiger partial charge in [-0.2, -0.15) is 0 Å². The molecule has 4 saturated carbocycles. The first-order valence-electron chi connectivity index (χ1n) is 8.26. The molecule has 0 saturated heterocycles. The van der Waals surface area contributed by atoms with E-state index in [0.717, 1.165) is 48.8 Å². The van der Waals surface area contributed by atoms with Crippen molar-refractivity contribution < 1.29 is 4.42 Å². The minimum Gasteiger partial charge on any atom is -0.425 e. The first kappa shape index (κ1) is 12.8. The molecule has 4 heteroatoms. The van der Waals surface area contributed by atoms with Gasteiger partial charge in [0.25, 0.3) is 0 Å². The standard InChI is InChI=1S/C16H25N3O/c17-3-1-2-14-18-19-15(20-14)10-16-7-11-4-12(8-16)6-13(5-11)9-16/h11-13H,1-10,17H2. The average Bonchev–Trinajstić information content (AvgIpc) is 2.81. The highest BCUT2D eigenvalue weighted by Gasteiger charge is 2.51. The van der Waals surface area contributed by atoms with Crippen LogP contribution in [0.3, 0.4) is 0 Å². The van der Waals surface area contributed by atoms with E-state index in [4.69, 9.17) is 10.2 Å². The van der Waals surface area contributed by atoms with E-state index in [2.05, 4.69) is 10.2 Å². The Kier molecular flexibility index (Phi) is 3.09. The van der Waals surface area contributed by atoms with Gasteiger partial charge in [0.2, 0.25) is 11.8 Å². The van der Waals surface area contributed by atoms with Gasteiger partial charge < -0.3 is 10.2 Å². The molecule has 0 aromatic carbocycles. The number of nitrogens with two attached hydrogens (primary N) is 1. The maximum Gasteiger partial charge on any atom is 0.217 e. The van der Waals surface area contributed by atoms with Gasteiger partial charge in [-0.25, -0.2) is 0 Å². The summed E-state index contributed by atoms with van der Waals surface area (Å²) in [4.78, 5) is 0. The fraction of sp³-hybridized carbons (Fsp3) is 0.875. The molecule has 20 heavy (non-hydrogen) atoms. The van der Waals surface area contributed by atoms with Crippen LogP contribution >= 0.6 is 0 Å². The predicted molar refractivity (Wildman–Crippen MR) is 76.0 cm³/mol. The molecule has 4 fully saturated rings. The van der Waals surface area contributed by atoms with Crippen molar-refractivity contribution in [3.05, 3.63) is 11.8 Å². The normalized spacial score (nSPS) is 38.5. The van der Waals surface area contributed by atoms with Crippen LogP contribution in [0.4, 0.5) is 0 Å². The maximum absolute atomic E-state index is 5.85. The maximum atomic E-state index is 5.85. The van der Waals surface area contributed by atoms with Crippen molar-refractivity contribution >= 4 is 0 Å². The number of hydrogen-bond acceptors (Lipinski definition) is 4. The third-order valence-electron chi connectivity index (χ3n) is 5.79. The fourth-order valence-electron chi connectivity index (χ4n) is 5.54. The molecule has 2 N–H and O–H groups in total. The van der Waals surface area contributed by atoms with E-state index < -0.39 is 0 Å². The van der Waals surface area contributed by atoms with Gasteiger partial charge in [-0.05, 0) is 74.7 Å². The summed E-state index contributed by atoms with van der Waals surface area (Å²) in [5, 5.41) is 8.47. The molecule has 4 bridgehead atoms. The van der Waals surface area contributed by atoms with E-state index in [9.17, 15) is 0 Å². The third kappa shape index (κ3) is 2.28. The number of hydrogen-bond donors (Lipinski definition) is 1. The minimum absolute atomic E-state index is 0.492. The molecule has 0 radical (unpaired) electrons. The molecule has 0 aliphatic heterocycles. The molecule has 0 atom stereocenters. The van der Waals surface area contributed by atoms with Gasteiger partial charge >= 0.3 is 0 Å². The summed E-state index contributed by atoms with van der Waals surface area (Å²) in [6, 6.07) is 0. The van der Waals surface area contributed by atoms with Crippen LogP contribution in [0.5, 0.6) is 0 Å². The molecule has 0 spiro atoms. The van der Waals surface area contributed by atoms with Crippen LogP contribution in [-0.4, -0.2) is 16.7 Å². The Hall–Kier alpha value is -0.900. The summed E-state index contributed by atoms with van der Waals surface area (Å²) >= 11 is 0. The van der Waals surface area contributed by atoms with Crippen molar-refractivity contribution in [1.29, 1.82) is 0 Å². The SMILES string of the molecule is NCCCc1nnc(CC23CC4CC(CC(C4)C2)C3)o1. The van der Waals surface area contributed by atoms with Crippen LogP contribution in [0.15, 0.2) is 4.42 Å². The molecule has 1 aromatic rings. The lowest BCUT2D eigenvalue weighted by atomic mass is 9.49. The second-order valence-corrected chi connectivity index (χ2v) is 7.58. The van der Waals surface area contributed by atoms with Gasteiger partial charge in [0.15, 0.2) is 0 Å². The molecule has 1 heterocycles. The van der Waals surface area contributed by atoms with Gasteiger partial charge in [-0.1, -0.05) is 0 Å². The zero-order valence-corrected chi connectivity index (χ0v) is 12.2. The van der Waals surface area contributed by atoms with Crippen molar-refractivity contribution in [2.24, 2.45) is 28.9 Å². The first-order chi connectivity index (χ1) is 9.75. The van der Waals surface area contributed by atoms with E-state index in [1.165, 1.54) is 38.5 Å². The molecule has 4 nitrogen and oxygen atoms in total. The summed E-state index contributed by atoms with van der Waals surface area (Å²) in [7, 11) is 0. The lowest BCUT2D eigenvalue weighted by Gasteiger charge is -2.56. The Bertz CT molecular complexity index is 447. The van der Waals surface area contributed by atoms with Gasteiger partial charge in [-0.15, -0.1) is 10.2 Å². The van der Waals surface area contributed by atoms with Crippen molar-refractivity contribution in [1.82, 2.24) is 10.2 Å². The molecule has 4 aliphatic carbocycles. The molecular weight excluding hydrogens is 250 g/mol. The summed E-state index contributed by atoms with van der Waals surface area (Å²) in [6.07, 6.45) is 11.5. The van der Waals surface area contributed by atoms with Crippen LogP contribution in [0.25, 0.3) is 0 Å². The van der Waals surface area contributed by atoms with Crippen molar-refractivity contribution in [2.75, 3.05) is 6.54 Å². The third-order valence-corrected chi connectivity index (χ3v) is 5.79. The molecule has 110 valence electrons. The number of rotatable bonds is 5. The number of nitrogens with zero attached hydrogens (tertiary/aromatic N) is 2. The lowest BCUT2D eigenvalue weighted by Crippen LogP contribution is -2.47. The predicted octanol–water partition coefficient (Wildman–Crippen LogP) is 2.72. The van der Waals surface area contributed by atoms with Gasteiger partial charge in [0.05, 0.1) is 0 Å². The van der Waals surface area contributed by atoms with Crippen LogP contribution in [0, 0.1) is 23.2 Å². The van der Waals surface area contributed by atoms with Gasteiger partial charge in [-0.3, -0.25) is 0 Å². The summed E-state index contributed by atoms with van der Waals surface area (Å²) in [5.74, 6) is 4.61. The van der Waals surface area contributed by atoms with E-state index in [-0.39, 0.29) is 0 Å². The summed E-state index contributed by atoms with van der Waals surface area (Å²) in [6.45, 7) is 0.687. The number of aromatic nitrogens is 2. The van der Waals surface area contributed by atoms with Crippen LogP contribution in [0.1, 0.15) is 56.7 Å². The molecule has 5 rings (SSSR count). The topological polar surface area (TPSA) is 64.9 Å². The quantitative estimate of drug-likeness (QED) is 0.897. The molecular formula is C16H25N3O. The summed E-state index contributed by atoms with van der Waals surface area (Å²) < 4.78 is 5.85.